The Morgan fingerprint density at radius 1 is 1.25 bits per heavy atom. The van der Waals surface area contributed by atoms with Crippen LogP contribution in [0.5, 0.6) is 0 Å². The summed E-state index contributed by atoms with van der Waals surface area (Å²) in [5.74, 6) is -0.0923. The van der Waals surface area contributed by atoms with Crippen LogP contribution in [0.2, 0.25) is 0 Å². The number of ether oxygens (including phenoxy) is 1. The first kappa shape index (κ1) is 14.8. The zero-order valence-electron chi connectivity index (χ0n) is 13.4. The highest BCUT2D eigenvalue weighted by molar-refractivity contribution is 5.94. The number of imidazole rings is 1. The monoisotopic (exact) mass is 322 g/mol. The van der Waals surface area contributed by atoms with Gasteiger partial charge in [-0.25, -0.2) is 9.97 Å². The van der Waals surface area contributed by atoms with Gasteiger partial charge in [-0.15, -0.1) is 0 Å². The predicted molar refractivity (Wildman–Crippen MR) is 89.5 cm³/mol. The molecular formula is C18H18N4O2. The van der Waals surface area contributed by atoms with Gasteiger partial charge in [0.25, 0.3) is 5.91 Å². The molecule has 3 heterocycles. The van der Waals surface area contributed by atoms with Crippen LogP contribution < -0.4 is 0 Å². The number of rotatable bonds is 2. The molecule has 2 aromatic heterocycles. The van der Waals surface area contributed by atoms with Crippen LogP contribution in [0.25, 0.3) is 11.2 Å². The number of fused-ring (bicyclic) bond motifs is 1. The molecule has 1 aliphatic heterocycles. The number of carbonyl (C=O) groups excluding carboxylic acids is 1. The van der Waals surface area contributed by atoms with E-state index in [1.807, 2.05) is 43.3 Å². The van der Waals surface area contributed by atoms with Gasteiger partial charge in [0.05, 0.1) is 25.0 Å². The number of amides is 1. The molecule has 1 saturated heterocycles. The standard InChI is InChI=1S/C18H18N4O2/c1-18(13-5-3-2-4-6-13)11-22(9-10-24-18)17(23)15-8-7-14-16(21-15)20-12-19-14/h2-8,12H,9-11H2,1H3,(H,19,20,21). The van der Waals surface area contributed by atoms with Gasteiger partial charge in [0.15, 0.2) is 5.65 Å². The molecule has 1 aromatic carbocycles. The second-order valence-corrected chi connectivity index (χ2v) is 6.14. The number of aromatic nitrogens is 3. The summed E-state index contributed by atoms with van der Waals surface area (Å²) in [7, 11) is 0. The summed E-state index contributed by atoms with van der Waals surface area (Å²) in [6.45, 7) is 3.57. The molecule has 1 N–H and O–H groups in total. The topological polar surface area (TPSA) is 71.1 Å². The van der Waals surface area contributed by atoms with Crippen molar-refractivity contribution in [2.75, 3.05) is 19.7 Å². The molecule has 1 amide bonds. The molecule has 0 aliphatic carbocycles. The number of morpholine rings is 1. The molecule has 0 radical (unpaired) electrons. The van der Waals surface area contributed by atoms with E-state index < -0.39 is 5.60 Å². The van der Waals surface area contributed by atoms with Crippen molar-refractivity contribution in [3.05, 3.63) is 60.0 Å². The van der Waals surface area contributed by atoms with E-state index in [0.29, 0.717) is 31.0 Å². The number of nitrogens with one attached hydrogen (secondary N) is 1. The highest BCUT2D eigenvalue weighted by Gasteiger charge is 2.36. The molecule has 1 unspecified atom stereocenters. The molecule has 122 valence electrons. The largest absolute Gasteiger partial charge is 0.367 e. The van der Waals surface area contributed by atoms with Crippen LogP contribution in [0.1, 0.15) is 23.0 Å². The van der Waals surface area contributed by atoms with Crippen molar-refractivity contribution < 1.29 is 9.53 Å². The summed E-state index contributed by atoms with van der Waals surface area (Å²) >= 11 is 0. The number of nitrogens with zero attached hydrogens (tertiary/aromatic N) is 3. The molecule has 1 aliphatic rings. The third-order valence-corrected chi connectivity index (χ3v) is 4.45. The first-order chi connectivity index (χ1) is 11.7. The lowest BCUT2D eigenvalue weighted by molar-refractivity contribution is -0.0931. The van der Waals surface area contributed by atoms with E-state index >= 15 is 0 Å². The lowest BCUT2D eigenvalue weighted by Crippen LogP contribution is -2.50. The Hall–Kier alpha value is -2.73. The van der Waals surface area contributed by atoms with Crippen LogP contribution in [0, 0.1) is 0 Å². The minimum atomic E-state index is -0.508. The molecular weight excluding hydrogens is 304 g/mol. The number of H-pyrrole nitrogens is 1. The smallest absolute Gasteiger partial charge is 0.272 e. The number of hydrogen-bond acceptors (Lipinski definition) is 4. The highest BCUT2D eigenvalue weighted by Crippen LogP contribution is 2.29. The average Bonchev–Trinajstić information content (AvgIpc) is 3.09. The Morgan fingerprint density at radius 2 is 2.08 bits per heavy atom. The zero-order valence-corrected chi connectivity index (χ0v) is 13.4. The summed E-state index contributed by atoms with van der Waals surface area (Å²) in [5, 5.41) is 0. The van der Waals surface area contributed by atoms with Gasteiger partial charge in [0.2, 0.25) is 0 Å². The number of benzene rings is 1. The second kappa shape index (κ2) is 5.72. The maximum absolute atomic E-state index is 12.9. The lowest BCUT2D eigenvalue weighted by atomic mass is 9.93. The number of aromatic amines is 1. The SMILES string of the molecule is CC1(c2ccccc2)CN(C(=O)c2ccc3[nH]cnc3n2)CCO1. The molecule has 1 atom stereocenters. The minimum Gasteiger partial charge on any atom is -0.367 e. The summed E-state index contributed by atoms with van der Waals surface area (Å²) < 4.78 is 5.99. The van der Waals surface area contributed by atoms with E-state index in [-0.39, 0.29) is 5.91 Å². The van der Waals surface area contributed by atoms with Crippen LogP contribution in [-0.2, 0) is 10.3 Å². The number of hydrogen-bond donors (Lipinski definition) is 1. The van der Waals surface area contributed by atoms with Crippen LogP contribution in [-0.4, -0.2) is 45.5 Å². The van der Waals surface area contributed by atoms with Crippen molar-refractivity contribution in [1.82, 2.24) is 19.9 Å². The maximum Gasteiger partial charge on any atom is 0.272 e. The molecule has 1 fully saturated rings. The molecule has 0 spiro atoms. The third kappa shape index (κ3) is 2.55. The molecule has 0 saturated carbocycles. The molecule has 3 aromatic rings. The first-order valence-electron chi connectivity index (χ1n) is 7.95. The van der Waals surface area contributed by atoms with Crippen molar-refractivity contribution in [1.29, 1.82) is 0 Å². The lowest BCUT2D eigenvalue weighted by Gasteiger charge is -2.40. The Morgan fingerprint density at radius 3 is 2.92 bits per heavy atom. The van der Waals surface area contributed by atoms with Gasteiger partial charge in [-0.3, -0.25) is 4.79 Å². The summed E-state index contributed by atoms with van der Waals surface area (Å²) in [6, 6.07) is 13.6. The third-order valence-electron chi connectivity index (χ3n) is 4.45. The van der Waals surface area contributed by atoms with E-state index in [4.69, 9.17) is 4.74 Å². The Balaban J connectivity index is 1.60. The molecule has 4 rings (SSSR count). The molecule has 6 heteroatoms. The predicted octanol–water partition coefficient (Wildman–Crippen LogP) is 2.35. The molecule has 0 bridgehead atoms. The fraction of sp³-hybridized carbons (Fsp3) is 0.278. The van der Waals surface area contributed by atoms with Crippen molar-refractivity contribution >= 4 is 17.1 Å². The van der Waals surface area contributed by atoms with E-state index in [1.54, 1.807) is 17.3 Å². The number of pyridine rings is 1. The van der Waals surface area contributed by atoms with Crippen molar-refractivity contribution in [2.45, 2.75) is 12.5 Å². The van der Waals surface area contributed by atoms with Gasteiger partial charge in [0, 0.05) is 6.54 Å². The van der Waals surface area contributed by atoms with Crippen LogP contribution in [0.3, 0.4) is 0 Å². The van der Waals surface area contributed by atoms with Gasteiger partial charge in [-0.2, -0.15) is 0 Å². The van der Waals surface area contributed by atoms with Crippen molar-refractivity contribution in [3.63, 3.8) is 0 Å². The van der Waals surface area contributed by atoms with Gasteiger partial charge in [-0.1, -0.05) is 30.3 Å². The zero-order chi connectivity index (χ0) is 16.6. The Kier molecular flexibility index (Phi) is 3.54. The molecule has 24 heavy (non-hydrogen) atoms. The average molecular weight is 322 g/mol. The number of carbonyl (C=O) groups is 1. The van der Waals surface area contributed by atoms with Gasteiger partial charge in [0.1, 0.15) is 11.3 Å². The Bertz CT molecular complexity index is 877. The normalized spacial score (nSPS) is 21.1. The van der Waals surface area contributed by atoms with Crippen LogP contribution in [0.4, 0.5) is 0 Å². The van der Waals surface area contributed by atoms with Crippen LogP contribution in [0.15, 0.2) is 48.8 Å². The maximum atomic E-state index is 12.9. The fourth-order valence-electron chi connectivity index (χ4n) is 3.11. The van der Waals surface area contributed by atoms with Gasteiger partial charge >= 0.3 is 0 Å². The Labute approximate surface area is 139 Å². The van der Waals surface area contributed by atoms with E-state index in [9.17, 15) is 4.79 Å². The van der Waals surface area contributed by atoms with E-state index in [2.05, 4.69) is 15.0 Å². The van der Waals surface area contributed by atoms with Crippen molar-refractivity contribution in [3.8, 4) is 0 Å². The van der Waals surface area contributed by atoms with Crippen molar-refractivity contribution in [2.24, 2.45) is 0 Å². The first-order valence-corrected chi connectivity index (χ1v) is 7.95. The molecule has 6 nitrogen and oxygen atoms in total. The quantitative estimate of drug-likeness (QED) is 0.786. The highest BCUT2D eigenvalue weighted by atomic mass is 16.5. The summed E-state index contributed by atoms with van der Waals surface area (Å²) in [5.41, 5.74) is 2.35. The second-order valence-electron chi connectivity index (χ2n) is 6.14. The summed E-state index contributed by atoms with van der Waals surface area (Å²) in [6.07, 6.45) is 1.58. The van der Waals surface area contributed by atoms with Gasteiger partial charge in [-0.05, 0) is 24.6 Å². The van der Waals surface area contributed by atoms with Crippen LogP contribution >= 0.6 is 0 Å². The van der Waals surface area contributed by atoms with Gasteiger partial charge < -0.3 is 14.6 Å². The fourth-order valence-corrected chi connectivity index (χ4v) is 3.11. The van der Waals surface area contributed by atoms with E-state index in [1.165, 1.54) is 0 Å². The van der Waals surface area contributed by atoms with E-state index in [0.717, 1.165) is 11.1 Å². The minimum absolute atomic E-state index is 0.0923. The summed E-state index contributed by atoms with van der Waals surface area (Å²) in [4.78, 5) is 26.1.